The van der Waals surface area contributed by atoms with Crippen LogP contribution in [-0.4, -0.2) is 75.5 Å². The van der Waals surface area contributed by atoms with Gasteiger partial charge in [-0.2, -0.15) is 0 Å². The van der Waals surface area contributed by atoms with Crippen LogP contribution in [-0.2, 0) is 28.6 Å². The Labute approximate surface area is 128 Å². The highest BCUT2D eigenvalue weighted by Gasteiger charge is 2.25. The quantitative estimate of drug-likeness (QED) is 0.243. The number of nitrogens with zero attached hydrogens (tertiary/aromatic N) is 1. The molecule has 0 atom stereocenters. The fourth-order valence-electron chi connectivity index (χ4n) is 1.57. The van der Waals surface area contributed by atoms with Crippen molar-refractivity contribution in [2.24, 2.45) is 5.73 Å². The van der Waals surface area contributed by atoms with Crippen molar-refractivity contribution in [1.29, 1.82) is 0 Å². The molecule has 9 nitrogen and oxygen atoms in total. The maximum Gasteiger partial charge on any atom is 0.254 e. The lowest BCUT2D eigenvalue weighted by Gasteiger charge is -2.13. The lowest BCUT2D eigenvalue weighted by atomic mass is 10.4. The van der Waals surface area contributed by atoms with E-state index in [0.29, 0.717) is 39.6 Å². The van der Waals surface area contributed by atoms with Gasteiger partial charge in [0.1, 0.15) is 6.54 Å². The zero-order chi connectivity index (χ0) is 16.2. The highest BCUT2D eigenvalue weighted by molar-refractivity contribution is 6.14. The maximum absolute atomic E-state index is 11.5. The molecule has 3 amide bonds. The number of hydrogen-bond acceptors (Lipinski definition) is 7. The molecule has 0 bridgehead atoms. The van der Waals surface area contributed by atoms with Crippen LogP contribution in [0, 0.1) is 0 Å². The van der Waals surface area contributed by atoms with E-state index in [9.17, 15) is 14.4 Å². The van der Waals surface area contributed by atoms with E-state index in [2.05, 4.69) is 5.32 Å². The molecular weight excluding hydrogens is 294 g/mol. The van der Waals surface area contributed by atoms with Crippen molar-refractivity contribution in [2.75, 3.05) is 52.9 Å². The number of ether oxygens (including phenoxy) is 3. The third kappa shape index (κ3) is 7.27. The van der Waals surface area contributed by atoms with E-state index < -0.39 is 17.7 Å². The van der Waals surface area contributed by atoms with Gasteiger partial charge in [0.25, 0.3) is 11.8 Å². The molecule has 0 saturated carbocycles. The second-order valence-corrected chi connectivity index (χ2v) is 4.25. The van der Waals surface area contributed by atoms with Gasteiger partial charge >= 0.3 is 0 Å². The number of nitrogens with two attached hydrogens (primary N) is 1. The van der Waals surface area contributed by atoms with Crippen molar-refractivity contribution in [3.8, 4) is 0 Å². The molecule has 0 saturated heterocycles. The third-order valence-electron chi connectivity index (χ3n) is 2.63. The van der Waals surface area contributed by atoms with Gasteiger partial charge in [-0.3, -0.25) is 19.3 Å². The Hall–Kier alpha value is -1.81. The minimum atomic E-state index is -0.479. The van der Waals surface area contributed by atoms with E-state index in [4.69, 9.17) is 19.9 Å². The fourth-order valence-corrected chi connectivity index (χ4v) is 1.57. The first-order valence-electron chi connectivity index (χ1n) is 6.88. The average Bonchev–Trinajstić information content (AvgIpc) is 2.81. The summed E-state index contributed by atoms with van der Waals surface area (Å²) in [5, 5.41) is 2.56. The van der Waals surface area contributed by atoms with Gasteiger partial charge < -0.3 is 25.3 Å². The predicted octanol–water partition coefficient (Wildman–Crippen LogP) is -2.01. The summed E-state index contributed by atoms with van der Waals surface area (Å²) in [7, 11) is 0. The van der Waals surface area contributed by atoms with Crippen LogP contribution in [0.4, 0.5) is 0 Å². The van der Waals surface area contributed by atoms with Gasteiger partial charge in [0.05, 0.1) is 39.8 Å². The summed E-state index contributed by atoms with van der Waals surface area (Å²) < 4.78 is 15.3. The van der Waals surface area contributed by atoms with Crippen molar-refractivity contribution in [1.82, 2.24) is 10.2 Å². The molecule has 0 aromatic carbocycles. The monoisotopic (exact) mass is 315 g/mol. The molecule has 1 heterocycles. The van der Waals surface area contributed by atoms with Crippen LogP contribution in [0.5, 0.6) is 0 Å². The van der Waals surface area contributed by atoms with Gasteiger partial charge in [-0.25, -0.2) is 0 Å². The molecule has 22 heavy (non-hydrogen) atoms. The molecule has 1 aliphatic rings. The Balaban J connectivity index is 1.93. The van der Waals surface area contributed by atoms with Gasteiger partial charge in [0.15, 0.2) is 0 Å². The smallest absolute Gasteiger partial charge is 0.254 e. The van der Waals surface area contributed by atoms with Crippen molar-refractivity contribution >= 4 is 17.7 Å². The molecule has 124 valence electrons. The topological polar surface area (TPSA) is 120 Å². The molecule has 0 radical (unpaired) electrons. The van der Waals surface area contributed by atoms with Crippen LogP contribution in [0.15, 0.2) is 12.2 Å². The largest absolute Gasteiger partial charge is 0.377 e. The van der Waals surface area contributed by atoms with E-state index in [1.165, 1.54) is 0 Å². The first-order valence-corrected chi connectivity index (χ1v) is 6.88. The van der Waals surface area contributed by atoms with Crippen LogP contribution < -0.4 is 11.1 Å². The van der Waals surface area contributed by atoms with E-state index in [-0.39, 0.29) is 13.3 Å². The number of amides is 3. The Morgan fingerprint density at radius 2 is 1.55 bits per heavy atom. The highest BCUT2D eigenvalue weighted by Crippen LogP contribution is 2.01. The minimum absolute atomic E-state index is 0.171. The SMILES string of the molecule is NCOCCOCCOCCNC(=O)CN1C(=O)C=CC1=O. The normalized spacial score (nSPS) is 14.0. The summed E-state index contributed by atoms with van der Waals surface area (Å²) in [4.78, 5) is 34.9. The summed E-state index contributed by atoms with van der Waals surface area (Å²) >= 11 is 0. The highest BCUT2D eigenvalue weighted by atomic mass is 16.5. The first-order chi connectivity index (χ1) is 10.6. The number of hydrogen-bond donors (Lipinski definition) is 2. The van der Waals surface area contributed by atoms with Crippen LogP contribution in [0.3, 0.4) is 0 Å². The summed E-state index contributed by atoms with van der Waals surface area (Å²) in [5.41, 5.74) is 5.13. The van der Waals surface area contributed by atoms with E-state index >= 15 is 0 Å². The molecule has 0 aromatic rings. The zero-order valence-electron chi connectivity index (χ0n) is 12.3. The second-order valence-electron chi connectivity index (χ2n) is 4.25. The van der Waals surface area contributed by atoms with E-state index in [1.54, 1.807) is 0 Å². The summed E-state index contributed by atoms with van der Waals surface area (Å²) in [6.07, 6.45) is 2.27. The van der Waals surface area contributed by atoms with Crippen molar-refractivity contribution < 1.29 is 28.6 Å². The summed E-state index contributed by atoms with van der Waals surface area (Å²) in [6, 6.07) is 0. The van der Waals surface area contributed by atoms with E-state index in [0.717, 1.165) is 17.1 Å². The Kier molecular flexibility index (Phi) is 9.00. The first kappa shape index (κ1) is 18.2. The molecule has 0 unspecified atom stereocenters. The summed E-state index contributed by atoms with van der Waals surface area (Å²) in [5.74, 6) is -1.37. The fraction of sp³-hybridized carbons (Fsp3) is 0.615. The van der Waals surface area contributed by atoms with Crippen LogP contribution in [0.1, 0.15) is 0 Å². The number of carbonyl (C=O) groups excluding carboxylic acids is 3. The standard InChI is InChI=1S/C13H21N3O6/c14-10-22-8-7-21-6-5-20-4-3-15-11(17)9-16-12(18)1-2-13(16)19/h1-2H,3-10,14H2,(H,15,17). The van der Waals surface area contributed by atoms with Gasteiger partial charge in [-0.1, -0.05) is 0 Å². The molecule has 0 aromatic heterocycles. The molecule has 0 fully saturated rings. The van der Waals surface area contributed by atoms with E-state index in [1.807, 2.05) is 0 Å². The van der Waals surface area contributed by atoms with Gasteiger partial charge in [0.2, 0.25) is 5.91 Å². The van der Waals surface area contributed by atoms with Crippen molar-refractivity contribution in [3.63, 3.8) is 0 Å². The minimum Gasteiger partial charge on any atom is -0.377 e. The number of rotatable bonds is 12. The third-order valence-corrected chi connectivity index (χ3v) is 2.63. The van der Waals surface area contributed by atoms with Crippen molar-refractivity contribution in [3.05, 3.63) is 12.2 Å². The average molecular weight is 315 g/mol. The Bertz CT molecular complexity index is 395. The number of carbonyl (C=O) groups is 3. The van der Waals surface area contributed by atoms with Gasteiger partial charge in [-0.05, 0) is 0 Å². The molecule has 0 aliphatic carbocycles. The summed E-state index contributed by atoms with van der Waals surface area (Å²) in [6.45, 7) is 2.20. The van der Waals surface area contributed by atoms with Gasteiger partial charge in [0, 0.05) is 18.7 Å². The van der Waals surface area contributed by atoms with Crippen LogP contribution in [0.25, 0.3) is 0 Å². The van der Waals surface area contributed by atoms with Crippen LogP contribution >= 0.6 is 0 Å². The molecule has 9 heteroatoms. The molecular formula is C13H21N3O6. The molecule has 0 spiro atoms. The second kappa shape index (κ2) is 10.9. The Morgan fingerprint density at radius 1 is 1.00 bits per heavy atom. The van der Waals surface area contributed by atoms with Crippen molar-refractivity contribution in [2.45, 2.75) is 0 Å². The number of nitrogens with one attached hydrogen (secondary N) is 1. The zero-order valence-corrected chi connectivity index (χ0v) is 12.3. The lowest BCUT2D eigenvalue weighted by Crippen LogP contribution is -2.41. The number of imide groups is 1. The molecule has 3 N–H and O–H groups in total. The van der Waals surface area contributed by atoms with Crippen LogP contribution in [0.2, 0.25) is 0 Å². The Morgan fingerprint density at radius 3 is 2.14 bits per heavy atom. The predicted molar refractivity (Wildman–Crippen MR) is 75.5 cm³/mol. The lowest BCUT2D eigenvalue weighted by molar-refractivity contribution is -0.141. The molecule has 1 aliphatic heterocycles. The maximum atomic E-state index is 11.5. The van der Waals surface area contributed by atoms with Gasteiger partial charge in [-0.15, -0.1) is 0 Å². The molecule has 1 rings (SSSR count).